The summed E-state index contributed by atoms with van der Waals surface area (Å²) in [4.78, 5) is 27.6. The molecule has 2 atom stereocenters. The molecular formula is C24H31O6P. The zero-order valence-electron chi connectivity index (χ0n) is 19.5. The van der Waals surface area contributed by atoms with Crippen LogP contribution in [0.3, 0.4) is 0 Å². The summed E-state index contributed by atoms with van der Waals surface area (Å²) in [5.41, 5.74) is 0.697. The highest BCUT2D eigenvalue weighted by atomic mass is 31.2. The largest absolute Gasteiger partial charge is 0.496 e. The average molecular weight is 446 g/mol. The molecule has 0 saturated heterocycles. The third-order valence-corrected chi connectivity index (χ3v) is 8.90. The molecule has 168 valence electrons. The third kappa shape index (κ3) is 4.40. The Hall–Kier alpha value is -2.59. The van der Waals surface area contributed by atoms with E-state index >= 15 is 0 Å². The molecule has 0 bridgehead atoms. The molecule has 2 unspecified atom stereocenters. The molecule has 0 aromatic heterocycles. The minimum absolute atomic E-state index is 0.00907. The standard InChI is InChI=1S/C24H31O6P/c1-9-17(5)31(27,23(25)21-15(3)10-14(2)11-16(21)4)24(26)22-19(29-7)12-18(28-6)13-20(22)30-8/h10-13,17H,9H2,1-8H3. The Morgan fingerprint density at radius 1 is 0.839 bits per heavy atom. The fourth-order valence-corrected chi connectivity index (χ4v) is 6.55. The van der Waals surface area contributed by atoms with Crippen molar-refractivity contribution in [2.75, 3.05) is 21.3 Å². The Labute approximate surface area is 184 Å². The first-order chi connectivity index (χ1) is 14.6. The van der Waals surface area contributed by atoms with Gasteiger partial charge in [-0.3, -0.25) is 9.59 Å². The van der Waals surface area contributed by atoms with Gasteiger partial charge in [0.1, 0.15) is 22.8 Å². The van der Waals surface area contributed by atoms with Crippen LogP contribution >= 0.6 is 7.14 Å². The molecule has 0 heterocycles. The van der Waals surface area contributed by atoms with Gasteiger partial charge >= 0.3 is 0 Å². The Balaban J connectivity index is 2.80. The van der Waals surface area contributed by atoms with Crippen LogP contribution < -0.4 is 14.2 Å². The number of rotatable bonds is 9. The summed E-state index contributed by atoms with van der Waals surface area (Å²) in [5.74, 6) is 0.713. The van der Waals surface area contributed by atoms with Crippen LogP contribution in [0, 0.1) is 20.8 Å². The molecule has 2 rings (SSSR count). The van der Waals surface area contributed by atoms with Crippen molar-refractivity contribution in [1.82, 2.24) is 0 Å². The highest BCUT2D eigenvalue weighted by Crippen LogP contribution is 2.59. The Kier molecular flexibility index (Phi) is 7.72. The van der Waals surface area contributed by atoms with Gasteiger partial charge < -0.3 is 18.8 Å². The van der Waals surface area contributed by atoms with Crippen LogP contribution in [-0.2, 0) is 4.57 Å². The highest BCUT2D eigenvalue weighted by Gasteiger charge is 2.47. The lowest BCUT2D eigenvalue weighted by molar-refractivity contribution is 0.103. The number of carbonyl (C=O) groups excluding carboxylic acids is 2. The van der Waals surface area contributed by atoms with Gasteiger partial charge in [-0.25, -0.2) is 0 Å². The lowest BCUT2D eigenvalue weighted by atomic mass is 10.0. The van der Waals surface area contributed by atoms with Crippen molar-refractivity contribution >= 4 is 18.2 Å². The molecule has 2 aromatic carbocycles. The van der Waals surface area contributed by atoms with E-state index in [1.807, 2.05) is 26.0 Å². The summed E-state index contributed by atoms with van der Waals surface area (Å²) in [6.07, 6.45) is 0.402. The smallest absolute Gasteiger partial charge is 0.236 e. The number of hydrogen-bond donors (Lipinski definition) is 0. The van der Waals surface area contributed by atoms with Crippen LogP contribution in [-0.4, -0.2) is 38.0 Å². The third-order valence-electron chi connectivity index (χ3n) is 5.63. The lowest BCUT2D eigenvalue weighted by Crippen LogP contribution is -2.21. The summed E-state index contributed by atoms with van der Waals surface area (Å²) in [6.45, 7) is 9.02. The molecule has 0 N–H and O–H groups in total. The van der Waals surface area contributed by atoms with E-state index in [0.29, 0.717) is 28.9 Å². The molecule has 0 aliphatic heterocycles. The minimum atomic E-state index is -4.09. The molecule has 0 amide bonds. The molecule has 0 spiro atoms. The first-order valence-electron chi connectivity index (χ1n) is 10.1. The van der Waals surface area contributed by atoms with Gasteiger partial charge in [-0.2, -0.15) is 0 Å². The molecule has 0 aliphatic carbocycles. The topological polar surface area (TPSA) is 78.9 Å². The van der Waals surface area contributed by atoms with Crippen LogP contribution in [0.15, 0.2) is 24.3 Å². The summed E-state index contributed by atoms with van der Waals surface area (Å²) < 4.78 is 30.4. The maximum atomic E-state index is 14.4. The maximum absolute atomic E-state index is 14.4. The van der Waals surface area contributed by atoms with E-state index < -0.39 is 23.8 Å². The van der Waals surface area contributed by atoms with Gasteiger partial charge in [0, 0.05) is 23.4 Å². The second kappa shape index (κ2) is 9.69. The number of benzene rings is 2. The number of aryl methyl sites for hydroxylation is 3. The Morgan fingerprint density at radius 3 is 1.68 bits per heavy atom. The van der Waals surface area contributed by atoms with E-state index in [0.717, 1.165) is 5.56 Å². The molecule has 2 aromatic rings. The zero-order valence-corrected chi connectivity index (χ0v) is 20.4. The van der Waals surface area contributed by atoms with E-state index in [-0.39, 0.29) is 17.1 Å². The van der Waals surface area contributed by atoms with E-state index in [1.54, 1.807) is 20.8 Å². The molecule has 0 fully saturated rings. The normalized spacial score (nSPS) is 13.8. The molecule has 0 aliphatic rings. The number of carbonyl (C=O) groups is 2. The van der Waals surface area contributed by atoms with Crippen LogP contribution in [0.2, 0.25) is 0 Å². The predicted molar refractivity (Wildman–Crippen MR) is 123 cm³/mol. The lowest BCUT2D eigenvalue weighted by Gasteiger charge is -2.25. The van der Waals surface area contributed by atoms with Crippen molar-refractivity contribution in [3.05, 3.63) is 52.1 Å². The van der Waals surface area contributed by atoms with Gasteiger partial charge in [-0.05, 0) is 38.3 Å². The van der Waals surface area contributed by atoms with E-state index in [2.05, 4.69) is 0 Å². The van der Waals surface area contributed by atoms with E-state index in [4.69, 9.17) is 14.2 Å². The van der Waals surface area contributed by atoms with Gasteiger partial charge in [0.15, 0.2) is 0 Å². The second-order valence-electron chi connectivity index (χ2n) is 7.71. The van der Waals surface area contributed by atoms with Crippen LogP contribution in [0.1, 0.15) is 57.7 Å². The monoisotopic (exact) mass is 446 g/mol. The Morgan fingerprint density at radius 2 is 1.29 bits per heavy atom. The van der Waals surface area contributed by atoms with Crippen molar-refractivity contribution < 1.29 is 28.4 Å². The van der Waals surface area contributed by atoms with Crippen molar-refractivity contribution in [2.45, 2.75) is 46.7 Å². The summed E-state index contributed by atoms with van der Waals surface area (Å²) in [6, 6.07) is 6.76. The second-order valence-corrected chi connectivity index (χ2v) is 10.7. The van der Waals surface area contributed by atoms with E-state index in [9.17, 15) is 14.2 Å². The fourth-order valence-electron chi connectivity index (χ4n) is 3.82. The van der Waals surface area contributed by atoms with E-state index in [1.165, 1.54) is 33.5 Å². The van der Waals surface area contributed by atoms with Crippen molar-refractivity contribution in [2.24, 2.45) is 0 Å². The molecule has 7 heteroatoms. The van der Waals surface area contributed by atoms with Crippen LogP contribution in [0.25, 0.3) is 0 Å². The summed E-state index contributed by atoms with van der Waals surface area (Å²) in [7, 11) is 0.187. The van der Waals surface area contributed by atoms with Gasteiger partial charge in [0.05, 0.1) is 21.3 Å². The molecule has 31 heavy (non-hydrogen) atoms. The summed E-state index contributed by atoms with van der Waals surface area (Å²) in [5, 5.41) is 0. The van der Waals surface area contributed by atoms with Gasteiger partial charge in [0.25, 0.3) is 0 Å². The molecule has 6 nitrogen and oxygen atoms in total. The van der Waals surface area contributed by atoms with Gasteiger partial charge in [0.2, 0.25) is 18.2 Å². The maximum Gasteiger partial charge on any atom is 0.236 e. The highest BCUT2D eigenvalue weighted by molar-refractivity contribution is 7.96. The summed E-state index contributed by atoms with van der Waals surface area (Å²) >= 11 is 0. The van der Waals surface area contributed by atoms with Crippen LogP contribution in [0.5, 0.6) is 17.2 Å². The first kappa shape index (κ1) is 24.7. The molecular weight excluding hydrogens is 415 g/mol. The first-order valence-corrected chi connectivity index (χ1v) is 11.9. The SMILES string of the molecule is CCC(C)P(=O)(C(=O)c1c(C)cc(C)cc1C)C(=O)c1c(OC)cc(OC)cc1OC. The average Bonchev–Trinajstić information content (AvgIpc) is 2.75. The fraction of sp³-hybridized carbons (Fsp3) is 0.417. The van der Waals surface area contributed by atoms with Crippen molar-refractivity contribution in [3.8, 4) is 17.2 Å². The predicted octanol–water partition coefficient (Wildman–Crippen LogP) is 5.78. The van der Waals surface area contributed by atoms with Crippen molar-refractivity contribution in [3.63, 3.8) is 0 Å². The van der Waals surface area contributed by atoms with Gasteiger partial charge in [-0.15, -0.1) is 0 Å². The number of ether oxygens (including phenoxy) is 3. The van der Waals surface area contributed by atoms with Gasteiger partial charge in [-0.1, -0.05) is 31.5 Å². The van der Waals surface area contributed by atoms with Crippen molar-refractivity contribution in [1.29, 1.82) is 0 Å². The van der Waals surface area contributed by atoms with Crippen LogP contribution in [0.4, 0.5) is 0 Å². The Bertz CT molecular complexity index is 1010. The number of methoxy groups -OCH3 is 3. The zero-order chi connectivity index (χ0) is 23.5. The molecule has 0 radical (unpaired) electrons. The quantitative estimate of drug-likeness (QED) is 0.454. The minimum Gasteiger partial charge on any atom is -0.496 e. The number of hydrogen-bond acceptors (Lipinski definition) is 6. The molecule has 0 saturated carbocycles.